The SMILES string of the molecule is O=[C](O)[Ir]([c]1ncccc1-c1cccc(C(F)(F)F)c1C(F)(F)F)[c]1ncccc1-c1cccc(C(F)(F)F)c1C(F)(F)F.[Ir+3]. The van der Waals surface area contributed by atoms with Crippen LogP contribution in [0.1, 0.15) is 22.3 Å². The second-order valence-electron chi connectivity index (χ2n) is 8.57. The summed E-state index contributed by atoms with van der Waals surface area (Å²) < 4.78 is 163. The van der Waals surface area contributed by atoms with Crippen LogP contribution in [0.15, 0.2) is 73.1 Å². The Morgan fingerprint density at radius 2 is 0.867 bits per heavy atom. The first-order chi connectivity index (χ1) is 20.2. The summed E-state index contributed by atoms with van der Waals surface area (Å²) in [5, 5.41) is 10.2. The van der Waals surface area contributed by atoms with Crippen molar-refractivity contribution in [3.05, 3.63) is 95.3 Å². The number of nitrogens with zero attached hydrogens (tertiary/aromatic N) is 2. The molecule has 0 saturated heterocycles. The zero-order valence-corrected chi connectivity index (χ0v) is 26.2. The quantitative estimate of drug-likeness (QED) is 0.206. The number of carbonyl (C=O) groups is 1. The summed E-state index contributed by atoms with van der Waals surface area (Å²) >= 11 is -4.70. The van der Waals surface area contributed by atoms with E-state index in [0.717, 1.165) is 36.7 Å². The fraction of sp³-hybridized carbons (Fsp3) is 0.148. The summed E-state index contributed by atoms with van der Waals surface area (Å²) in [6.45, 7) is 0. The van der Waals surface area contributed by atoms with E-state index in [1.807, 2.05) is 0 Å². The Labute approximate surface area is 263 Å². The van der Waals surface area contributed by atoms with Crippen LogP contribution >= 0.6 is 0 Å². The minimum absolute atomic E-state index is 0. The molecule has 0 aliphatic heterocycles. The number of benzene rings is 2. The van der Waals surface area contributed by atoms with Crippen molar-refractivity contribution in [2.45, 2.75) is 24.7 Å². The van der Waals surface area contributed by atoms with Crippen LogP contribution in [-0.4, -0.2) is 19.6 Å². The van der Waals surface area contributed by atoms with Gasteiger partial charge in [-0.3, -0.25) is 0 Å². The second kappa shape index (κ2) is 12.8. The van der Waals surface area contributed by atoms with E-state index in [0.29, 0.717) is 24.3 Å². The molecule has 0 aliphatic rings. The van der Waals surface area contributed by atoms with Gasteiger partial charge < -0.3 is 0 Å². The molecule has 18 heteroatoms. The van der Waals surface area contributed by atoms with Gasteiger partial charge in [0.2, 0.25) is 0 Å². The summed E-state index contributed by atoms with van der Waals surface area (Å²) in [6.07, 6.45) is -20.4. The monoisotopic (exact) mass is 1010 g/mol. The van der Waals surface area contributed by atoms with E-state index >= 15 is 0 Å². The van der Waals surface area contributed by atoms with Crippen molar-refractivity contribution in [1.82, 2.24) is 9.97 Å². The zero-order valence-electron chi connectivity index (χ0n) is 21.4. The van der Waals surface area contributed by atoms with Gasteiger partial charge in [-0.1, -0.05) is 0 Å². The van der Waals surface area contributed by atoms with E-state index in [1.54, 1.807) is 0 Å². The predicted molar refractivity (Wildman–Crippen MR) is 127 cm³/mol. The first-order valence-corrected chi connectivity index (χ1v) is 15.2. The maximum Gasteiger partial charge on any atom is 3.00 e. The molecule has 2 aromatic carbocycles. The van der Waals surface area contributed by atoms with E-state index < -0.39 is 98.6 Å². The number of hydrogen-bond donors (Lipinski definition) is 1. The summed E-state index contributed by atoms with van der Waals surface area (Å²) in [4.78, 5) is 20.3. The van der Waals surface area contributed by atoms with Gasteiger partial charge in [-0.25, -0.2) is 0 Å². The Bertz CT molecular complexity index is 1600. The normalized spacial score (nSPS) is 12.8. The number of hydrogen-bond acceptors (Lipinski definition) is 3. The molecule has 0 saturated carbocycles. The molecule has 2 aromatic heterocycles. The smallest absolute Gasteiger partial charge is 3.00 e. The van der Waals surface area contributed by atoms with Gasteiger partial charge in [0, 0.05) is 0 Å². The Balaban J connectivity index is 0.00000552. The summed E-state index contributed by atoms with van der Waals surface area (Å²) in [7, 11) is 0. The van der Waals surface area contributed by atoms with E-state index in [2.05, 4.69) is 9.97 Å². The molecule has 4 rings (SSSR count). The van der Waals surface area contributed by atoms with Crippen LogP contribution in [0.4, 0.5) is 57.5 Å². The fourth-order valence-electron chi connectivity index (χ4n) is 4.26. The van der Waals surface area contributed by atoms with Crippen LogP contribution in [0.3, 0.4) is 0 Å². The molecule has 0 aliphatic carbocycles. The largest absolute Gasteiger partial charge is 3.00 e. The molecular formula is C27H13F12Ir2N2O2+3. The molecule has 4 nitrogen and oxygen atoms in total. The Kier molecular flexibility index (Phi) is 10.3. The molecule has 4 aromatic rings. The van der Waals surface area contributed by atoms with Gasteiger partial charge >= 0.3 is 264 Å². The zero-order chi connectivity index (χ0) is 32.8. The summed E-state index contributed by atoms with van der Waals surface area (Å²) in [6, 6.07) is 6.64. The van der Waals surface area contributed by atoms with Crippen LogP contribution in [0, 0.1) is 0 Å². The number of halogens is 12. The third kappa shape index (κ3) is 7.40. The molecule has 0 fully saturated rings. The second-order valence-corrected chi connectivity index (χ2v) is 13.7. The molecule has 0 atom stereocenters. The van der Waals surface area contributed by atoms with Crippen molar-refractivity contribution < 1.29 is 99.2 Å². The molecule has 0 bridgehead atoms. The van der Waals surface area contributed by atoms with Gasteiger partial charge in [-0.05, 0) is 0 Å². The number of rotatable bonds is 5. The van der Waals surface area contributed by atoms with Gasteiger partial charge in [0.1, 0.15) is 0 Å². The first kappa shape index (κ1) is 36.1. The molecule has 242 valence electrons. The van der Waals surface area contributed by atoms with Gasteiger partial charge in [0.05, 0.1) is 0 Å². The van der Waals surface area contributed by atoms with Gasteiger partial charge in [0.15, 0.2) is 0 Å². The molecule has 2 heterocycles. The number of carboxylic acid groups (broad SMARTS) is 1. The standard InChI is InChI=1S/2C13H6F6N.CHO2.2Ir/c2*14-12(15,16)10-5-1-4-9(11(10)13(17,18)19)8-3-2-6-20-7-8;2-1-3;;/h2*1-6H;(H,2,3);;/q;;;;+3. The fourth-order valence-corrected chi connectivity index (χ4v) is 9.08. The molecule has 1 N–H and O–H groups in total. The van der Waals surface area contributed by atoms with Crippen LogP contribution in [0.5, 0.6) is 0 Å². The number of aromatic nitrogens is 2. The third-order valence-corrected chi connectivity index (χ3v) is 11.0. The predicted octanol–water partition coefficient (Wildman–Crippen LogP) is 8.13. The summed E-state index contributed by atoms with van der Waals surface area (Å²) in [5.41, 5.74) is -12.2. The maximum absolute atomic E-state index is 14.1. The molecule has 0 radical (unpaired) electrons. The summed E-state index contributed by atoms with van der Waals surface area (Å²) in [5.74, 6) is 0. The minimum atomic E-state index is -5.62. The van der Waals surface area contributed by atoms with E-state index in [-0.39, 0.29) is 32.2 Å². The number of alkyl halides is 12. The van der Waals surface area contributed by atoms with Crippen molar-refractivity contribution in [1.29, 1.82) is 0 Å². The topological polar surface area (TPSA) is 63.1 Å². The maximum atomic E-state index is 14.1. The van der Waals surface area contributed by atoms with Crippen LogP contribution in [0.2, 0.25) is 0 Å². The Morgan fingerprint density at radius 1 is 0.533 bits per heavy atom. The molecule has 0 spiro atoms. The van der Waals surface area contributed by atoms with Crippen LogP contribution in [-0.2, 0) is 61.3 Å². The molecular weight excluding hydrogens is 997 g/mol. The average Bonchev–Trinajstić information content (AvgIpc) is 2.91. The van der Waals surface area contributed by atoms with Gasteiger partial charge in [-0.15, -0.1) is 0 Å². The third-order valence-electron chi connectivity index (χ3n) is 5.83. The average molecular weight is 1010 g/mol. The van der Waals surface area contributed by atoms with E-state index in [1.165, 1.54) is 0 Å². The number of pyridine rings is 2. The molecule has 0 unspecified atom stereocenters. The van der Waals surface area contributed by atoms with Crippen molar-refractivity contribution in [2.75, 3.05) is 0 Å². The molecule has 0 amide bonds. The van der Waals surface area contributed by atoms with Gasteiger partial charge in [-0.2, -0.15) is 0 Å². The van der Waals surface area contributed by atoms with Crippen molar-refractivity contribution >= 4 is 12.9 Å². The Hall–Kier alpha value is -3.33. The first-order valence-electron chi connectivity index (χ1n) is 11.6. The Morgan fingerprint density at radius 3 is 1.16 bits per heavy atom. The minimum Gasteiger partial charge on any atom is 3.00 e. The van der Waals surface area contributed by atoms with Gasteiger partial charge in [0.25, 0.3) is 0 Å². The van der Waals surface area contributed by atoms with E-state index in [9.17, 15) is 62.6 Å². The van der Waals surface area contributed by atoms with Crippen molar-refractivity contribution in [2.24, 2.45) is 0 Å². The molecule has 45 heavy (non-hydrogen) atoms. The van der Waals surface area contributed by atoms with Crippen molar-refractivity contribution in [3.63, 3.8) is 0 Å². The van der Waals surface area contributed by atoms with Crippen LogP contribution < -0.4 is 8.42 Å². The van der Waals surface area contributed by atoms with E-state index in [4.69, 9.17) is 0 Å². The van der Waals surface area contributed by atoms with Crippen LogP contribution in [0.25, 0.3) is 22.3 Å². The van der Waals surface area contributed by atoms with Crippen molar-refractivity contribution in [3.8, 4) is 22.3 Å².